The molecule has 1 aliphatic heterocycles. The van der Waals surface area contributed by atoms with Crippen LogP contribution in [0.4, 0.5) is 0 Å². The summed E-state index contributed by atoms with van der Waals surface area (Å²) >= 11 is 1.43. The maximum Gasteiger partial charge on any atom is 0.282 e. The van der Waals surface area contributed by atoms with E-state index >= 15 is 0 Å². The van der Waals surface area contributed by atoms with Gasteiger partial charge in [0.05, 0.1) is 11.8 Å². The smallest absolute Gasteiger partial charge is 0.282 e. The zero-order valence-corrected chi connectivity index (χ0v) is 8.95. The average Bonchev–Trinajstić information content (AvgIpc) is 2.87. The van der Waals surface area contributed by atoms with E-state index in [0.717, 1.165) is 11.3 Å². The van der Waals surface area contributed by atoms with Crippen LogP contribution in [-0.4, -0.2) is 11.1 Å². The van der Waals surface area contributed by atoms with Crippen molar-refractivity contribution in [3.05, 3.63) is 35.3 Å². The van der Waals surface area contributed by atoms with Crippen molar-refractivity contribution in [3.8, 4) is 0 Å². The molecule has 0 saturated carbocycles. The summed E-state index contributed by atoms with van der Waals surface area (Å²) in [5.41, 5.74) is 0.447. The molecule has 77 valence electrons. The molecule has 0 fully saturated rings. The highest BCUT2D eigenvalue weighted by Gasteiger charge is 2.15. The largest absolute Gasteiger partial charge is 0.472 e. The first-order valence-corrected chi connectivity index (χ1v) is 5.34. The number of carbonyl (C=O) groups excluding carboxylic acids is 1. The number of allylic oxidation sites excluding steroid dienone is 1. The summed E-state index contributed by atoms with van der Waals surface area (Å²) in [7, 11) is 0. The van der Waals surface area contributed by atoms with Crippen molar-refractivity contribution in [1.82, 2.24) is 5.32 Å². The molecule has 0 atom stereocenters. The van der Waals surface area contributed by atoms with E-state index in [-0.39, 0.29) is 5.91 Å². The maximum absolute atomic E-state index is 11.5. The molecule has 0 bridgehead atoms. The molecule has 1 aromatic rings. The molecule has 5 heteroatoms. The van der Waals surface area contributed by atoms with Crippen molar-refractivity contribution < 1.29 is 9.21 Å². The van der Waals surface area contributed by atoms with Gasteiger partial charge >= 0.3 is 0 Å². The summed E-state index contributed by atoms with van der Waals surface area (Å²) in [5.74, 6) is -0.319. The Labute approximate surface area is 91.4 Å². The lowest BCUT2D eigenvalue weighted by Gasteiger charge is -1.93. The molecule has 0 N–H and O–H groups in total. The van der Waals surface area contributed by atoms with Crippen LogP contribution in [0.1, 0.15) is 23.7 Å². The maximum atomic E-state index is 11.5. The van der Waals surface area contributed by atoms with E-state index in [1.807, 2.05) is 6.92 Å². The molecule has 4 nitrogen and oxygen atoms in total. The average molecular weight is 221 g/mol. The van der Waals surface area contributed by atoms with Gasteiger partial charge < -0.3 is 4.42 Å². The third-order valence-electron chi connectivity index (χ3n) is 1.86. The van der Waals surface area contributed by atoms with E-state index in [0.29, 0.717) is 10.7 Å². The fourth-order valence-corrected chi connectivity index (χ4v) is 1.77. The molecule has 0 aliphatic carbocycles. The highest BCUT2D eigenvalue weighted by molar-refractivity contribution is 8.17. The van der Waals surface area contributed by atoms with Gasteiger partial charge in [0, 0.05) is 11.1 Å². The second kappa shape index (κ2) is 4.35. The number of hydrogen-bond donors (Lipinski definition) is 0. The Kier molecular flexibility index (Phi) is 2.91. The summed E-state index contributed by atoms with van der Waals surface area (Å²) < 4.78 is 4.80. The number of carbonyl (C=O) groups is 1. The zero-order chi connectivity index (χ0) is 10.7. The fraction of sp³-hybridized carbons (Fsp3) is 0.200. The molecule has 0 aromatic carbocycles. The van der Waals surface area contributed by atoms with E-state index in [9.17, 15) is 4.79 Å². The predicted molar refractivity (Wildman–Crippen MR) is 58.6 cm³/mol. The molecule has 2 heterocycles. The quantitative estimate of drug-likeness (QED) is 0.770. The normalized spacial score (nSPS) is 17.7. The number of amidine groups is 1. The molecule has 1 aliphatic rings. The lowest BCUT2D eigenvalue weighted by atomic mass is 10.3. The predicted octanol–water partition coefficient (Wildman–Crippen LogP) is 2.38. The van der Waals surface area contributed by atoms with Crippen LogP contribution in [0.25, 0.3) is 0 Å². The lowest BCUT2D eigenvalue weighted by Crippen LogP contribution is -2.04. The fourth-order valence-electron chi connectivity index (χ4n) is 1.05. The third kappa shape index (κ3) is 2.30. The van der Waals surface area contributed by atoms with Crippen molar-refractivity contribution >= 4 is 22.8 Å². The molecule has 0 unspecified atom stereocenters. The third-order valence-corrected chi connectivity index (χ3v) is 2.89. The number of rotatable bonds is 2. The number of aliphatic imine (C=N–C) groups is 1. The minimum Gasteiger partial charge on any atom is -0.472 e. The van der Waals surface area contributed by atoms with Crippen LogP contribution in [0, 0.1) is 0 Å². The number of hydrogen-bond acceptors (Lipinski definition) is 3. The number of furan rings is 1. The Hall–Kier alpha value is -1.49. The van der Waals surface area contributed by atoms with E-state index < -0.39 is 0 Å². The first-order valence-electron chi connectivity index (χ1n) is 4.52. The first-order chi connectivity index (χ1) is 7.29. The number of amides is 1. The van der Waals surface area contributed by atoms with Gasteiger partial charge in [-0.3, -0.25) is 4.79 Å². The van der Waals surface area contributed by atoms with Crippen LogP contribution in [0.5, 0.6) is 0 Å². The van der Waals surface area contributed by atoms with Crippen molar-refractivity contribution in [1.29, 1.82) is 0 Å². The van der Waals surface area contributed by atoms with Crippen molar-refractivity contribution in [2.75, 3.05) is 0 Å². The summed E-state index contributed by atoms with van der Waals surface area (Å²) in [4.78, 5) is 16.5. The van der Waals surface area contributed by atoms with E-state index in [1.165, 1.54) is 24.3 Å². The summed E-state index contributed by atoms with van der Waals surface area (Å²) in [5, 5.41) is 4.54. The van der Waals surface area contributed by atoms with Crippen LogP contribution in [0.2, 0.25) is 0 Å². The Balaban J connectivity index is 2.04. The van der Waals surface area contributed by atoms with Gasteiger partial charge in [0.25, 0.3) is 5.91 Å². The van der Waals surface area contributed by atoms with E-state index in [2.05, 4.69) is 10.3 Å². The van der Waals surface area contributed by atoms with Gasteiger partial charge in [0.15, 0.2) is 5.17 Å². The topological polar surface area (TPSA) is 56.7 Å². The monoisotopic (exact) mass is 221 g/mol. The minimum atomic E-state index is -0.319. The molecule has 0 saturated heterocycles. The SMILES string of the molecule is CCC1=C[N]C(=NC(=O)c2ccoc2)S1. The summed E-state index contributed by atoms with van der Waals surface area (Å²) in [6.07, 6.45) is 5.47. The standard InChI is InChI=1S/C10H9N2O2S/c1-2-8-5-11-10(15-8)12-9(13)7-3-4-14-6-7/h3-6H,2H2,1H3. The van der Waals surface area contributed by atoms with E-state index in [1.54, 1.807) is 12.3 Å². The Morgan fingerprint density at radius 2 is 2.53 bits per heavy atom. The molecule has 1 radical (unpaired) electrons. The van der Waals surface area contributed by atoms with Crippen LogP contribution in [0.3, 0.4) is 0 Å². The van der Waals surface area contributed by atoms with Crippen molar-refractivity contribution in [2.24, 2.45) is 4.99 Å². The molecule has 2 rings (SSSR count). The van der Waals surface area contributed by atoms with Gasteiger partial charge in [0.2, 0.25) is 0 Å². The van der Waals surface area contributed by atoms with Crippen LogP contribution in [0.15, 0.2) is 39.1 Å². The summed E-state index contributed by atoms with van der Waals surface area (Å²) in [6.45, 7) is 2.04. The highest BCUT2D eigenvalue weighted by atomic mass is 32.2. The second-order valence-corrected chi connectivity index (χ2v) is 3.99. The van der Waals surface area contributed by atoms with Gasteiger partial charge in [-0.2, -0.15) is 4.99 Å². The molecular weight excluding hydrogens is 212 g/mol. The van der Waals surface area contributed by atoms with E-state index in [4.69, 9.17) is 4.42 Å². The molecule has 1 aromatic heterocycles. The first kappa shape index (κ1) is 10.0. The lowest BCUT2D eigenvalue weighted by molar-refractivity contribution is 0.100. The summed E-state index contributed by atoms with van der Waals surface area (Å²) in [6, 6.07) is 1.58. The van der Waals surface area contributed by atoms with Crippen molar-refractivity contribution in [2.45, 2.75) is 13.3 Å². The van der Waals surface area contributed by atoms with Gasteiger partial charge in [-0.1, -0.05) is 18.7 Å². The van der Waals surface area contributed by atoms with Crippen LogP contribution in [-0.2, 0) is 0 Å². The van der Waals surface area contributed by atoms with Gasteiger partial charge in [-0.05, 0) is 12.5 Å². The molecule has 1 amide bonds. The number of thioether (sulfide) groups is 1. The highest BCUT2D eigenvalue weighted by Crippen LogP contribution is 2.25. The Morgan fingerprint density at radius 1 is 1.67 bits per heavy atom. The molecule has 0 spiro atoms. The van der Waals surface area contributed by atoms with Crippen molar-refractivity contribution in [3.63, 3.8) is 0 Å². The molecule has 15 heavy (non-hydrogen) atoms. The van der Waals surface area contributed by atoms with Crippen LogP contribution >= 0.6 is 11.8 Å². The van der Waals surface area contributed by atoms with Gasteiger partial charge in [-0.15, -0.1) is 0 Å². The van der Waals surface area contributed by atoms with Gasteiger partial charge in [-0.25, -0.2) is 5.32 Å². The Morgan fingerprint density at radius 3 is 3.13 bits per heavy atom. The number of nitrogens with zero attached hydrogens (tertiary/aromatic N) is 2. The Bertz CT molecular complexity index is 421. The zero-order valence-electron chi connectivity index (χ0n) is 8.14. The molecular formula is C10H9N2O2S. The van der Waals surface area contributed by atoms with Gasteiger partial charge in [0.1, 0.15) is 6.26 Å². The minimum absolute atomic E-state index is 0.319. The second-order valence-electron chi connectivity index (χ2n) is 2.89. The van der Waals surface area contributed by atoms with Crippen LogP contribution < -0.4 is 5.32 Å².